The van der Waals surface area contributed by atoms with E-state index in [1.54, 1.807) is 6.08 Å². The van der Waals surface area contributed by atoms with Gasteiger partial charge >= 0.3 is 0 Å². The molecule has 0 bridgehead atoms. The molecule has 0 fully saturated rings. The molecule has 0 aromatic rings. The van der Waals surface area contributed by atoms with E-state index in [0.717, 1.165) is 0 Å². The summed E-state index contributed by atoms with van der Waals surface area (Å²) in [6.07, 6.45) is 5.87. The zero-order chi connectivity index (χ0) is 5.11. The molecule has 0 spiro atoms. The lowest BCUT2D eigenvalue weighted by atomic mass is 10.3. The maximum Gasteiger partial charge on any atom is 0.243 e. The van der Waals surface area contributed by atoms with Crippen LogP contribution in [0.15, 0.2) is 12.2 Å². The highest BCUT2D eigenvalue weighted by atomic mass is 16.1. The first-order chi connectivity index (χ1) is 3.39. The van der Waals surface area contributed by atoms with E-state index in [9.17, 15) is 4.79 Å². The molecule has 7 heavy (non-hydrogen) atoms. The van der Waals surface area contributed by atoms with Gasteiger partial charge in [0.1, 0.15) is 0 Å². The van der Waals surface area contributed by atoms with Crippen LogP contribution in [0.4, 0.5) is 0 Å². The summed E-state index contributed by atoms with van der Waals surface area (Å²) in [4.78, 5) is 10.2. The van der Waals surface area contributed by atoms with Crippen LogP contribution in [0.5, 0.6) is 0 Å². The van der Waals surface area contributed by atoms with Crippen molar-refractivity contribution in [3.8, 4) is 0 Å². The lowest BCUT2D eigenvalue weighted by Crippen LogP contribution is -2.24. The number of rotatable bonds is 0. The number of amides is 1. The molecule has 1 amide bonds. The highest BCUT2D eigenvalue weighted by Crippen LogP contribution is 1.85. The number of nitrogens with one attached hydrogen (secondary N) is 1. The van der Waals surface area contributed by atoms with E-state index in [-0.39, 0.29) is 5.91 Å². The standard InChI is InChI=1S/C5H5NO/c7-5-3-1-2-4-6-5/h1,3H,4H2,(H,6,7). The minimum Gasteiger partial charge on any atom is -0.352 e. The molecule has 0 unspecified atom stereocenters. The normalized spacial score (nSPS) is 19.1. The Kier molecular flexibility index (Phi) is 1.11. The van der Waals surface area contributed by atoms with Crippen molar-refractivity contribution in [2.75, 3.05) is 6.54 Å². The molecule has 0 saturated heterocycles. The zero-order valence-electron chi connectivity index (χ0n) is 3.77. The Hall–Kier alpha value is -0.790. The Morgan fingerprint density at radius 1 is 1.86 bits per heavy atom. The summed E-state index contributed by atoms with van der Waals surface area (Å²) in [7, 11) is 0. The molecule has 0 atom stereocenters. The lowest BCUT2D eigenvalue weighted by Gasteiger charge is -2.01. The van der Waals surface area contributed by atoms with E-state index in [1.807, 2.05) is 0 Å². The molecule has 36 valence electrons. The quantitative estimate of drug-likeness (QED) is 0.441. The second-order valence-corrected chi connectivity index (χ2v) is 1.26. The van der Waals surface area contributed by atoms with E-state index in [1.165, 1.54) is 6.08 Å². The Balaban J connectivity index is 2.51. The van der Waals surface area contributed by atoms with Crippen molar-refractivity contribution >= 4 is 5.91 Å². The van der Waals surface area contributed by atoms with Crippen LogP contribution in [0.3, 0.4) is 0 Å². The largest absolute Gasteiger partial charge is 0.352 e. The number of hydrogen-bond acceptors (Lipinski definition) is 1. The Morgan fingerprint density at radius 3 is 3.00 bits per heavy atom. The van der Waals surface area contributed by atoms with Gasteiger partial charge < -0.3 is 5.32 Å². The molecule has 1 aliphatic heterocycles. The van der Waals surface area contributed by atoms with Crippen LogP contribution in [0.1, 0.15) is 0 Å². The van der Waals surface area contributed by atoms with Crippen LogP contribution in [-0.4, -0.2) is 12.5 Å². The van der Waals surface area contributed by atoms with Gasteiger partial charge in [-0.15, -0.1) is 0 Å². The molecular formula is C5H5NO. The molecule has 0 aliphatic carbocycles. The van der Waals surface area contributed by atoms with Gasteiger partial charge in [0.05, 0.1) is 0 Å². The predicted molar refractivity (Wildman–Crippen MR) is 25.4 cm³/mol. The minimum atomic E-state index is -0.0289. The van der Waals surface area contributed by atoms with E-state index in [2.05, 4.69) is 11.7 Å². The molecule has 1 aliphatic rings. The third-order valence-corrected chi connectivity index (χ3v) is 0.717. The number of carbonyl (C=O) groups is 1. The molecule has 2 nitrogen and oxygen atoms in total. The highest BCUT2D eigenvalue weighted by molar-refractivity contribution is 5.88. The summed E-state index contributed by atoms with van der Waals surface area (Å²) < 4.78 is 0. The molecule has 1 heterocycles. The molecule has 1 N–H and O–H groups in total. The van der Waals surface area contributed by atoms with Crippen molar-refractivity contribution in [3.05, 3.63) is 18.6 Å². The zero-order valence-corrected chi connectivity index (χ0v) is 3.77. The van der Waals surface area contributed by atoms with Gasteiger partial charge in [0.15, 0.2) is 0 Å². The van der Waals surface area contributed by atoms with E-state index >= 15 is 0 Å². The van der Waals surface area contributed by atoms with Crippen LogP contribution in [0, 0.1) is 6.42 Å². The molecule has 1 rings (SSSR count). The number of carbonyl (C=O) groups excluding carboxylic acids is 1. The van der Waals surface area contributed by atoms with Gasteiger partial charge in [-0.05, 0) is 6.08 Å². The van der Waals surface area contributed by atoms with E-state index < -0.39 is 0 Å². The van der Waals surface area contributed by atoms with E-state index in [4.69, 9.17) is 0 Å². The highest BCUT2D eigenvalue weighted by Gasteiger charge is 1.96. The smallest absolute Gasteiger partial charge is 0.243 e. The Bertz CT molecular complexity index is 107. The van der Waals surface area contributed by atoms with Crippen LogP contribution < -0.4 is 5.32 Å². The fourth-order valence-corrected chi connectivity index (χ4v) is 0.391. The molecule has 0 saturated carbocycles. The van der Waals surface area contributed by atoms with Crippen molar-refractivity contribution in [1.82, 2.24) is 5.32 Å². The lowest BCUT2D eigenvalue weighted by molar-refractivity contribution is -0.116. The second kappa shape index (κ2) is 1.78. The summed E-state index contributed by atoms with van der Waals surface area (Å²) in [6.45, 7) is 0.551. The second-order valence-electron chi connectivity index (χ2n) is 1.26. The van der Waals surface area contributed by atoms with Gasteiger partial charge in [0.25, 0.3) is 0 Å². The third-order valence-electron chi connectivity index (χ3n) is 0.717. The summed E-state index contributed by atoms with van der Waals surface area (Å²) in [5, 5.41) is 2.55. The molecule has 0 aromatic carbocycles. The van der Waals surface area contributed by atoms with Crippen LogP contribution >= 0.6 is 0 Å². The summed E-state index contributed by atoms with van der Waals surface area (Å²) in [5.41, 5.74) is 0. The fraction of sp³-hybridized carbons (Fsp3) is 0.200. The van der Waals surface area contributed by atoms with Crippen molar-refractivity contribution in [1.29, 1.82) is 0 Å². The molecule has 2 heteroatoms. The van der Waals surface area contributed by atoms with Gasteiger partial charge in [-0.1, -0.05) is 6.08 Å². The summed E-state index contributed by atoms with van der Waals surface area (Å²) in [6, 6.07) is 0. The van der Waals surface area contributed by atoms with Crippen LogP contribution in [0.2, 0.25) is 0 Å². The molecule has 0 aromatic heterocycles. The van der Waals surface area contributed by atoms with Crippen molar-refractivity contribution in [3.63, 3.8) is 0 Å². The van der Waals surface area contributed by atoms with E-state index in [0.29, 0.717) is 6.54 Å². The molecular weight excluding hydrogens is 90.1 g/mol. The van der Waals surface area contributed by atoms with Gasteiger partial charge in [-0.25, -0.2) is 0 Å². The first-order valence-corrected chi connectivity index (χ1v) is 2.07. The van der Waals surface area contributed by atoms with Crippen molar-refractivity contribution < 1.29 is 4.79 Å². The maximum atomic E-state index is 10.2. The average Bonchev–Trinajstić information content (AvgIpc) is 1.69. The SMILES string of the molecule is O=C1C=C[C]CN1. The van der Waals surface area contributed by atoms with Gasteiger partial charge in [0.2, 0.25) is 5.91 Å². The Morgan fingerprint density at radius 2 is 2.71 bits per heavy atom. The van der Waals surface area contributed by atoms with Crippen molar-refractivity contribution in [2.24, 2.45) is 0 Å². The average molecular weight is 95.1 g/mol. The first kappa shape index (κ1) is 4.37. The number of hydrogen-bond donors (Lipinski definition) is 1. The first-order valence-electron chi connectivity index (χ1n) is 2.07. The predicted octanol–water partition coefficient (Wildman–Crippen LogP) is -0.246. The monoisotopic (exact) mass is 95.0 g/mol. The fourth-order valence-electron chi connectivity index (χ4n) is 0.391. The molecule has 2 radical (unpaired) electrons. The summed E-state index contributed by atoms with van der Waals surface area (Å²) >= 11 is 0. The summed E-state index contributed by atoms with van der Waals surface area (Å²) in [5.74, 6) is -0.0289. The van der Waals surface area contributed by atoms with Gasteiger partial charge in [-0.2, -0.15) is 0 Å². The van der Waals surface area contributed by atoms with Crippen LogP contribution in [0.25, 0.3) is 0 Å². The Labute approximate surface area is 42.2 Å². The maximum absolute atomic E-state index is 10.2. The topological polar surface area (TPSA) is 29.1 Å². The van der Waals surface area contributed by atoms with Crippen LogP contribution in [-0.2, 0) is 4.79 Å². The third kappa shape index (κ3) is 1.03. The minimum absolute atomic E-state index is 0.0289. The van der Waals surface area contributed by atoms with Gasteiger partial charge in [-0.3, -0.25) is 4.79 Å². The van der Waals surface area contributed by atoms with Gasteiger partial charge in [0, 0.05) is 13.0 Å². The van der Waals surface area contributed by atoms with Crippen molar-refractivity contribution in [2.45, 2.75) is 0 Å².